The molecule has 6 rings (SSSR count). The van der Waals surface area contributed by atoms with Crippen LogP contribution in [0.3, 0.4) is 0 Å². The van der Waals surface area contributed by atoms with Crippen molar-refractivity contribution in [1.29, 1.82) is 0 Å². The van der Waals surface area contributed by atoms with E-state index >= 15 is 0 Å². The molecule has 4 atom stereocenters. The van der Waals surface area contributed by atoms with E-state index in [0.29, 0.717) is 56.4 Å². The predicted molar refractivity (Wildman–Crippen MR) is 150 cm³/mol. The van der Waals surface area contributed by atoms with Crippen molar-refractivity contribution in [3.8, 4) is 11.5 Å². The Labute approximate surface area is 246 Å². The van der Waals surface area contributed by atoms with Gasteiger partial charge in [-0.3, -0.25) is 9.69 Å². The monoisotopic (exact) mass is 586 g/mol. The Morgan fingerprint density at radius 1 is 1.02 bits per heavy atom. The molecule has 2 fully saturated rings. The van der Waals surface area contributed by atoms with Crippen molar-refractivity contribution in [3.63, 3.8) is 0 Å². The van der Waals surface area contributed by atoms with E-state index in [4.69, 9.17) is 23.7 Å². The van der Waals surface area contributed by atoms with Crippen LogP contribution >= 0.6 is 0 Å². The number of rotatable bonds is 9. The Morgan fingerprint density at radius 2 is 1.74 bits per heavy atom. The highest BCUT2D eigenvalue weighted by molar-refractivity contribution is 5.88. The van der Waals surface area contributed by atoms with Gasteiger partial charge < -0.3 is 38.8 Å². The molecule has 0 saturated carbocycles. The number of hydrogen-bond donors (Lipinski definition) is 2. The Kier molecular flexibility index (Phi) is 7.88. The second kappa shape index (κ2) is 11.3. The van der Waals surface area contributed by atoms with E-state index in [0.717, 1.165) is 42.6 Å². The van der Waals surface area contributed by atoms with Crippen molar-refractivity contribution in [3.05, 3.63) is 34.6 Å². The summed E-state index contributed by atoms with van der Waals surface area (Å²) in [6.45, 7) is 6.90. The first-order valence-electron chi connectivity index (χ1n) is 15.0. The summed E-state index contributed by atoms with van der Waals surface area (Å²) in [6.07, 6.45) is 1.12. The lowest BCUT2D eigenvalue weighted by molar-refractivity contribution is -0.177. The van der Waals surface area contributed by atoms with E-state index in [-0.39, 0.29) is 31.1 Å². The van der Waals surface area contributed by atoms with Crippen LogP contribution < -0.4 is 9.47 Å². The first-order valence-corrected chi connectivity index (χ1v) is 15.0. The molecule has 11 heteroatoms. The Hall–Kier alpha value is -2.86. The first kappa shape index (κ1) is 29.2. The zero-order valence-electron chi connectivity index (χ0n) is 24.7. The minimum Gasteiger partial charge on any atom is -0.497 e. The summed E-state index contributed by atoms with van der Waals surface area (Å²) in [6, 6.07) is 4.02. The van der Waals surface area contributed by atoms with Crippen molar-refractivity contribution in [2.75, 3.05) is 53.3 Å². The van der Waals surface area contributed by atoms with Gasteiger partial charge in [0.25, 0.3) is 0 Å². The van der Waals surface area contributed by atoms with Gasteiger partial charge in [-0.05, 0) is 74.8 Å². The summed E-state index contributed by atoms with van der Waals surface area (Å²) in [5.41, 5.74) is 0.199. The van der Waals surface area contributed by atoms with Crippen LogP contribution in [0, 0.1) is 0 Å². The van der Waals surface area contributed by atoms with Gasteiger partial charge in [0.2, 0.25) is 12.7 Å². The van der Waals surface area contributed by atoms with Crippen LogP contribution in [0.5, 0.6) is 11.5 Å². The molecule has 1 amide bonds. The lowest BCUT2D eigenvalue weighted by Gasteiger charge is -2.34. The van der Waals surface area contributed by atoms with Crippen LogP contribution in [0.25, 0.3) is 0 Å². The second-order valence-corrected chi connectivity index (χ2v) is 12.7. The molecule has 2 saturated heterocycles. The lowest BCUT2D eigenvalue weighted by Crippen LogP contribution is -2.49. The fraction of sp³-hybridized carbons (Fsp3) is 0.677. The Balaban J connectivity index is 1.31. The molecule has 0 aromatic heterocycles. The fourth-order valence-corrected chi connectivity index (χ4v) is 7.22. The third kappa shape index (κ3) is 5.47. The van der Waals surface area contributed by atoms with Crippen LogP contribution in [-0.2, 0) is 30.2 Å². The van der Waals surface area contributed by atoms with Gasteiger partial charge in [0.15, 0.2) is 23.2 Å². The molecule has 230 valence electrons. The molecular formula is C31H42N2O9. The van der Waals surface area contributed by atoms with Gasteiger partial charge in [-0.1, -0.05) is 0 Å². The SMILES string of the molecule is COC1=C2CCN3CCc4cc5c(cc4[C@H]([C@@H]1OC(=O)[C@@](O)(CCCC(C)(C)O)CC(=O)N1CCOCC1)[C@@H]23)OCO5. The molecule has 4 aliphatic heterocycles. The molecule has 1 aromatic rings. The number of benzene rings is 1. The number of hydrogen-bond acceptors (Lipinski definition) is 10. The maximum Gasteiger partial charge on any atom is 0.339 e. The third-order valence-corrected chi connectivity index (χ3v) is 9.34. The molecule has 1 aliphatic carbocycles. The molecule has 42 heavy (non-hydrogen) atoms. The van der Waals surface area contributed by atoms with Crippen molar-refractivity contribution >= 4 is 11.9 Å². The molecule has 0 unspecified atom stereocenters. The predicted octanol–water partition coefficient (Wildman–Crippen LogP) is 1.88. The molecular weight excluding hydrogens is 544 g/mol. The highest BCUT2D eigenvalue weighted by Crippen LogP contribution is 2.52. The van der Waals surface area contributed by atoms with Crippen LogP contribution in [0.15, 0.2) is 23.5 Å². The van der Waals surface area contributed by atoms with Gasteiger partial charge in [0, 0.05) is 38.1 Å². The van der Waals surface area contributed by atoms with Gasteiger partial charge in [0.05, 0.1) is 32.3 Å². The zero-order valence-corrected chi connectivity index (χ0v) is 24.7. The number of esters is 1. The van der Waals surface area contributed by atoms with Crippen LogP contribution in [0.2, 0.25) is 0 Å². The summed E-state index contributed by atoms with van der Waals surface area (Å²) in [5, 5.41) is 22.1. The van der Waals surface area contributed by atoms with Crippen molar-refractivity contribution < 1.29 is 43.5 Å². The Bertz CT molecular complexity index is 1250. The van der Waals surface area contributed by atoms with E-state index in [2.05, 4.69) is 4.90 Å². The minimum atomic E-state index is -2.07. The highest BCUT2D eigenvalue weighted by atomic mass is 16.7. The molecule has 0 bridgehead atoms. The topological polar surface area (TPSA) is 127 Å². The zero-order chi connectivity index (χ0) is 29.6. The van der Waals surface area contributed by atoms with Crippen LogP contribution in [-0.4, -0.2) is 109 Å². The number of carbonyl (C=O) groups excluding carboxylic acids is 2. The summed E-state index contributed by atoms with van der Waals surface area (Å²) in [4.78, 5) is 31.4. The molecule has 2 N–H and O–H groups in total. The quantitative estimate of drug-likeness (QED) is 0.414. The van der Waals surface area contributed by atoms with E-state index < -0.39 is 29.7 Å². The smallest absolute Gasteiger partial charge is 0.339 e. The standard InChI is InChI=1S/C31H42N2O9/c1-30(2,36)7-4-8-31(37,17-24(34)32-11-13-39-14-12-32)29(35)42-28-25-21-16-23-22(40-18-41-23)15-19(21)5-9-33-10-6-20(26(25)33)27(28)38-3/h15-16,25-26,28,36-37H,4-14,17-18H2,1-3H3/t25-,26+,28-,31+/m0/s1. The number of methoxy groups -OCH3 is 1. The first-order chi connectivity index (χ1) is 20.1. The van der Waals surface area contributed by atoms with Crippen molar-refractivity contribution in [2.45, 2.75) is 81.6 Å². The number of aliphatic hydroxyl groups is 2. The summed E-state index contributed by atoms with van der Waals surface area (Å²) in [7, 11) is 1.59. The second-order valence-electron chi connectivity index (χ2n) is 12.7. The number of nitrogens with zero attached hydrogens (tertiary/aromatic N) is 2. The van der Waals surface area contributed by atoms with Crippen LogP contribution in [0.4, 0.5) is 0 Å². The fourth-order valence-electron chi connectivity index (χ4n) is 7.22. The number of carbonyl (C=O) groups is 2. The number of ether oxygens (including phenoxy) is 5. The molecule has 4 heterocycles. The highest BCUT2D eigenvalue weighted by Gasteiger charge is 2.55. The normalized spacial score (nSPS) is 26.4. The molecule has 0 spiro atoms. The lowest BCUT2D eigenvalue weighted by atomic mass is 9.86. The number of fused-ring (bicyclic) bond motifs is 3. The molecule has 0 radical (unpaired) electrons. The summed E-state index contributed by atoms with van der Waals surface area (Å²) in [5.74, 6) is 0.558. The number of amides is 1. The number of morpholine rings is 1. The van der Waals surface area contributed by atoms with Crippen LogP contribution in [0.1, 0.15) is 63.0 Å². The van der Waals surface area contributed by atoms with Gasteiger partial charge in [-0.25, -0.2) is 4.79 Å². The molecule has 11 nitrogen and oxygen atoms in total. The van der Waals surface area contributed by atoms with E-state index in [1.807, 2.05) is 12.1 Å². The van der Waals surface area contributed by atoms with Gasteiger partial charge in [0.1, 0.15) is 5.76 Å². The van der Waals surface area contributed by atoms with E-state index in [9.17, 15) is 19.8 Å². The average molecular weight is 587 g/mol. The van der Waals surface area contributed by atoms with Gasteiger partial charge in [-0.2, -0.15) is 0 Å². The maximum absolute atomic E-state index is 14.1. The van der Waals surface area contributed by atoms with Gasteiger partial charge in [-0.15, -0.1) is 0 Å². The Morgan fingerprint density at radius 3 is 2.45 bits per heavy atom. The van der Waals surface area contributed by atoms with Crippen molar-refractivity contribution in [2.24, 2.45) is 0 Å². The summed E-state index contributed by atoms with van der Waals surface area (Å²) < 4.78 is 28.9. The summed E-state index contributed by atoms with van der Waals surface area (Å²) >= 11 is 0. The maximum atomic E-state index is 14.1. The molecule has 5 aliphatic rings. The third-order valence-electron chi connectivity index (χ3n) is 9.34. The average Bonchev–Trinajstić information content (AvgIpc) is 3.62. The van der Waals surface area contributed by atoms with E-state index in [1.54, 1.807) is 25.9 Å². The largest absolute Gasteiger partial charge is 0.497 e. The molecule has 1 aromatic carbocycles. The van der Waals surface area contributed by atoms with Gasteiger partial charge >= 0.3 is 5.97 Å². The van der Waals surface area contributed by atoms with E-state index in [1.165, 1.54) is 0 Å². The van der Waals surface area contributed by atoms with Crippen molar-refractivity contribution in [1.82, 2.24) is 9.80 Å². The minimum absolute atomic E-state index is 0.00219.